The Morgan fingerprint density at radius 1 is 1.75 bits per heavy atom. The number of aromatic nitrogens is 1. The molecule has 0 unspecified atom stereocenters. The van der Waals surface area contributed by atoms with Crippen molar-refractivity contribution in [3.8, 4) is 5.88 Å². The quantitative estimate of drug-likeness (QED) is 0.554. The van der Waals surface area contributed by atoms with Gasteiger partial charge in [0.25, 0.3) is 0 Å². The van der Waals surface area contributed by atoms with Crippen molar-refractivity contribution in [1.82, 2.24) is 4.57 Å². The zero-order chi connectivity index (χ0) is 9.14. The van der Waals surface area contributed by atoms with Crippen LogP contribution in [-0.2, 0) is 11.8 Å². The molecular formula is C8H11NO2S. The number of hydrogen-bond donors (Lipinski definition) is 1. The molecular weight excluding hydrogens is 174 g/mol. The van der Waals surface area contributed by atoms with Crippen LogP contribution in [0.4, 0.5) is 0 Å². The Labute approximate surface area is 76.7 Å². The summed E-state index contributed by atoms with van der Waals surface area (Å²) in [7, 11) is 1.83. The van der Waals surface area contributed by atoms with Crippen LogP contribution in [0.25, 0.3) is 0 Å². The average molecular weight is 185 g/mol. The fraction of sp³-hybridized carbons (Fsp3) is 0.375. The second-order valence-corrected chi connectivity index (χ2v) is 2.92. The van der Waals surface area contributed by atoms with E-state index in [1.54, 1.807) is 10.6 Å². The van der Waals surface area contributed by atoms with Gasteiger partial charge in [0.2, 0.25) is 5.88 Å². The van der Waals surface area contributed by atoms with Crippen LogP contribution in [-0.4, -0.2) is 16.3 Å². The van der Waals surface area contributed by atoms with E-state index in [1.807, 2.05) is 20.2 Å². The van der Waals surface area contributed by atoms with Crippen LogP contribution >= 0.6 is 12.6 Å². The summed E-state index contributed by atoms with van der Waals surface area (Å²) in [4.78, 5) is 10.8. The molecule has 0 atom stereocenters. The minimum Gasteiger partial charge on any atom is -0.409 e. The highest BCUT2D eigenvalue weighted by Crippen LogP contribution is 2.14. The number of hydrogen-bond acceptors (Lipinski definition) is 3. The van der Waals surface area contributed by atoms with Gasteiger partial charge in [0.15, 0.2) is 0 Å². The molecule has 66 valence electrons. The van der Waals surface area contributed by atoms with E-state index in [0.717, 1.165) is 5.56 Å². The van der Waals surface area contributed by atoms with Crippen LogP contribution < -0.4 is 4.74 Å². The molecule has 0 N–H and O–H groups in total. The molecule has 0 amide bonds. The van der Waals surface area contributed by atoms with E-state index in [2.05, 4.69) is 12.6 Å². The predicted molar refractivity (Wildman–Crippen MR) is 49.6 cm³/mol. The van der Waals surface area contributed by atoms with Crippen molar-refractivity contribution in [1.29, 1.82) is 0 Å². The van der Waals surface area contributed by atoms with E-state index in [0.29, 0.717) is 5.88 Å². The Balaban J connectivity index is 2.75. The van der Waals surface area contributed by atoms with Crippen LogP contribution in [0.15, 0.2) is 12.3 Å². The second kappa shape index (κ2) is 3.67. The number of aryl methyl sites for hydroxylation is 2. The van der Waals surface area contributed by atoms with Crippen LogP contribution in [0.3, 0.4) is 0 Å². The van der Waals surface area contributed by atoms with Crippen molar-refractivity contribution in [2.45, 2.75) is 6.92 Å². The zero-order valence-corrected chi connectivity index (χ0v) is 7.97. The molecule has 0 aliphatic rings. The van der Waals surface area contributed by atoms with Crippen LogP contribution in [0.1, 0.15) is 5.56 Å². The molecule has 0 aliphatic heterocycles. The summed E-state index contributed by atoms with van der Waals surface area (Å²) in [6, 6.07) is 1.81. The number of esters is 1. The summed E-state index contributed by atoms with van der Waals surface area (Å²) in [6.07, 6.45) is 1.89. The molecule has 0 saturated carbocycles. The summed E-state index contributed by atoms with van der Waals surface area (Å²) >= 11 is 3.80. The molecule has 0 fully saturated rings. The molecule has 1 heterocycles. The number of rotatable bonds is 2. The number of thiol groups is 1. The third-order valence-electron chi connectivity index (χ3n) is 1.44. The first-order valence-electron chi connectivity index (χ1n) is 3.58. The standard InChI is InChI=1S/C8H11NO2S/c1-6-3-7(9(2)4-6)11-8(10)5-12/h3-4,12H,5H2,1-2H3. The minimum absolute atomic E-state index is 0.101. The van der Waals surface area contributed by atoms with Gasteiger partial charge in [-0.05, 0) is 12.5 Å². The second-order valence-electron chi connectivity index (χ2n) is 2.60. The maximum absolute atomic E-state index is 10.8. The molecule has 3 nitrogen and oxygen atoms in total. The molecule has 0 saturated heterocycles. The van der Waals surface area contributed by atoms with E-state index >= 15 is 0 Å². The van der Waals surface area contributed by atoms with Crippen molar-refractivity contribution >= 4 is 18.6 Å². The zero-order valence-electron chi connectivity index (χ0n) is 7.07. The average Bonchev–Trinajstić information content (AvgIpc) is 2.30. The third kappa shape index (κ3) is 2.04. The van der Waals surface area contributed by atoms with Crippen molar-refractivity contribution in [2.75, 3.05) is 5.75 Å². The first-order valence-corrected chi connectivity index (χ1v) is 4.21. The van der Waals surface area contributed by atoms with E-state index in [-0.39, 0.29) is 11.7 Å². The fourth-order valence-corrected chi connectivity index (χ4v) is 1.02. The normalized spacial score (nSPS) is 9.92. The molecule has 12 heavy (non-hydrogen) atoms. The Hall–Kier alpha value is -0.900. The van der Waals surface area contributed by atoms with Crippen LogP contribution in [0, 0.1) is 6.92 Å². The molecule has 0 aliphatic carbocycles. The predicted octanol–water partition coefficient (Wildman–Crippen LogP) is 1.17. The highest BCUT2D eigenvalue weighted by molar-refractivity contribution is 7.81. The summed E-state index contributed by atoms with van der Waals surface area (Å²) in [6.45, 7) is 1.94. The summed E-state index contributed by atoms with van der Waals surface area (Å²) in [5, 5.41) is 0. The monoisotopic (exact) mass is 185 g/mol. The minimum atomic E-state index is -0.334. The fourth-order valence-electron chi connectivity index (χ4n) is 0.953. The lowest BCUT2D eigenvalue weighted by molar-refractivity contribution is -0.131. The molecule has 1 aromatic heterocycles. The van der Waals surface area contributed by atoms with Gasteiger partial charge in [0.05, 0.1) is 5.75 Å². The van der Waals surface area contributed by atoms with Gasteiger partial charge in [-0.15, -0.1) is 0 Å². The van der Waals surface area contributed by atoms with Gasteiger partial charge in [-0.25, -0.2) is 0 Å². The number of carbonyl (C=O) groups is 1. The van der Waals surface area contributed by atoms with Crippen LogP contribution in [0.2, 0.25) is 0 Å². The first kappa shape index (κ1) is 9.19. The summed E-state index contributed by atoms with van der Waals surface area (Å²) in [5.74, 6) is 0.329. The van der Waals surface area contributed by atoms with E-state index < -0.39 is 0 Å². The Kier molecular flexibility index (Phi) is 2.81. The van der Waals surface area contributed by atoms with Gasteiger partial charge in [-0.2, -0.15) is 12.6 Å². The molecule has 0 radical (unpaired) electrons. The van der Waals surface area contributed by atoms with E-state index in [9.17, 15) is 4.79 Å². The van der Waals surface area contributed by atoms with Gasteiger partial charge < -0.3 is 9.30 Å². The topological polar surface area (TPSA) is 31.2 Å². The number of nitrogens with zero attached hydrogens (tertiary/aromatic N) is 1. The molecule has 0 spiro atoms. The highest BCUT2D eigenvalue weighted by atomic mass is 32.1. The molecule has 4 heteroatoms. The van der Waals surface area contributed by atoms with Crippen LogP contribution in [0.5, 0.6) is 5.88 Å². The van der Waals surface area contributed by atoms with Crippen molar-refractivity contribution in [2.24, 2.45) is 7.05 Å². The smallest absolute Gasteiger partial charge is 0.322 e. The largest absolute Gasteiger partial charge is 0.409 e. The maximum Gasteiger partial charge on any atom is 0.322 e. The Morgan fingerprint density at radius 3 is 2.83 bits per heavy atom. The van der Waals surface area contributed by atoms with E-state index in [4.69, 9.17) is 4.74 Å². The number of ether oxygens (including phenoxy) is 1. The van der Waals surface area contributed by atoms with Crippen molar-refractivity contribution in [3.05, 3.63) is 17.8 Å². The van der Waals surface area contributed by atoms with Crippen molar-refractivity contribution < 1.29 is 9.53 Å². The molecule has 0 aromatic carbocycles. The van der Waals surface area contributed by atoms with Gasteiger partial charge in [-0.3, -0.25) is 4.79 Å². The SMILES string of the molecule is Cc1cc(OC(=O)CS)n(C)c1. The molecule has 1 aromatic rings. The first-order chi connectivity index (χ1) is 5.63. The van der Waals surface area contributed by atoms with Gasteiger partial charge >= 0.3 is 5.97 Å². The lowest BCUT2D eigenvalue weighted by Gasteiger charge is -2.01. The maximum atomic E-state index is 10.8. The Bertz CT molecular complexity index is 293. The van der Waals surface area contributed by atoms with Gasteiger partial charge in [-0.1, -0.05) is 0 Å². The lowest BCUT2D eigenvalue weighted by Crippen LogP contribution is -2.10. The third-order valence-corrected chi connectivity index (χ3v) is 1.70. The molecule has 1 rings (SSSR count). The van der Waals surface area contributed by atoms with Gasteiger partial charge in [0, 0.05) is 19.3 Å². The number of carbonyl (C=O) groups excluding carboxylic acids is 1. The Morgan fingerprint density at radius 2 is 2.42 bits per heavy atom. The summed E-state index contributed by atoms with van der Waals surface area (Å²) in [5.41, 5.74) is 1.07. The highest BCUT2D eigenvalue weighted by Gasteiger charge is 2.05. The lowest BCUT2D eigenvalue weighted by atomic mass is 10.4. The van der Waals surface area contributed by atoms with Gasteiger partial charge in [0.1, 0.15) is 0 Å². The molecule has 0 bridgehead atoms. The summed E-state index contributed by atoms with van der Waals surface area (Å²) < 4.78 is 6.72. The van der Waals surface area contributed by atoms with Crippen molar-refractivity contribution in [3.63, 3.8) is 0 Å². The van der Waals surface area contributed by atoms with E-state index in [1.165, 1.54) is 0 Å².